The largest absolute Gasteiger partial charge is 0.347 e. The van der Waals surface area contributed by atoms with Gasteiger partial charge >= 0.3 is 0 Å². The number of carbonyl (C=O) groups excluding carboxylic acids is 2. The van der Waals surface area contributed by atoms with E-state index in [1.54, 1.807) is 6.07 Å². The molecule has 2 saturated carbocycles. The highest BCUT2D eigenvalue weighted by atomic mass is 32.2. The van der Waals surface area contributed by atoms with Gasteiger partial charge in [0.05, 0.1) is 15.5 Å². The third-order valence-electron chi connectivity index (χ3n) is 7.66. The summed E-state index contributed by atoms with van der Waals surface area (Å²) in [6.45, 7) is 5.47. The molecule has 1 amide bonds. The van der Waals surface area contributed by atoms with Crippen LogP contribution in [0.1, 0.15) is 81.2 Å². The van der Waals surface area contributed by atoms with Gasteiger partial charge in [-0.1, -0.05) is 62.4 Å². The molecule has 1 heterocycles. The van der Waals surface area contributed by atoms with Crippen LogP contribution < -0.4 is 10.0 Å². The number of thiazole rings is 1. The van der Waals surface area contributed by atoms with Crippen molar-refractivity contribution in [3.05, 3.63) is 47.1 Å². The molecule has 1 aromatic heterocycles. The number of nitrogens with zero attached hydrogens (tertiary/aromatic N) is 1. The van der Waals surface area contributed by atoms with Gasteiger partial charge in [0.1, 0.15) is 6.29 Å². The number of hydrogen-bond donors (Lipinski definition) is 2. The van der Waals surface area contributed by atoms with Gasteiger partial charge in [-0.25, -0.2) is 18.1 Å². The highest BCUT2D eigenvalue weighted by Gasteiger charge is 2.32. The number of amides is 1. The van der Waals surface area contributed by atoms with E-state index < -0.39 is 15.6 Å². The average molecular weight is 568 g/mol. The molecule has 0 spiro atoms. The number of rotatable bonds is 8. The van der Waals surface area contributed by atoms with E-state index in [0.717, 1.165) is 47.1 Å². The molecule has 5 rings (SSSR count). The third kappa shape index (κ3) is 6.26. The van der Waals surface area contributed by atoms with Crippen molar-refractivity contribution >= 4 is 44.3 Å². The molecule has 0 saturated heterocycles. The number of aldehydes is 1. The summed E-state index contributed by atoms with van der Waals surface area (Å²) in [7, 11) is -3.75. The molecule has 7 nitrogen and oxygen atoms in total. The lowest BCUT2D eigenvalue weighted by molar-refractivity contribution is -0.113. The molecule has 0 atom stereocenters. The molecule has 2 N–H and O–H groups in total. The molecule has 3 aromatic rings. The SMILES string of the molecule is CC(C)(C)NS(=O)(=O)c1ccc(-c2sc(C(=O)NC3CC(C=O)C3)nc2CC2CCCCC2)c2ccccc12. The van der Waals surface area contributed by atoms with E-state index in [9.17, 15) is 18.0 Å². The number of benzene rings is 2. The molecule has 0 radical (unpaired) electrons. The van der Waals surface area contributed by atoms with E-state index in [1.165, 1.54) is 30.6 Å². The van der Waals surface area contributed by atoms with Gasteiger partial charge in [0, 0.05) is 28.4 Å². The van der Waals surface area contributed by atoms with Crippen LogP contribution in [0, 0.1) is 11.8 Å². The highest BCUT2D eigenvalue weighted by Crippen LogP contribution is 2.40. The molecule has 0 bridgehead atoms. The predicted octanol–water partition coefficient (Wildman–Crippen LogP) is 5.87. The molecule has 2 fully saturated rings. The van der Waals surface area contributed by atoms with Gasteiger partial charge in [0.25, 0.3) is 5.91 Å². The van der Waals surface area contributed by atoms with Crippen LogP contribution in [0.5, 0.6) is 0 Å². The second-order valence-corrected chi connectivity index (χ2v) is 14.7. The van der Waals surface area contributed by atoms with E-state index >= 15 is 0 Å². The summed E-state index contributed by atoms with van der Waals surface area (Å²) in [6, 6.07) is 11.1. The standard InChI is InChI=1S/C30H37N3O4S2/c1-30(2,3)33-39(36,37)26-14-13-24(22-11-7-8-12-23(22)26)27-25(17-19-9-5-4-6-10-19)32-29(38-27)28(35)31-21-15-20(16-21)18-34/h7-8,11-14,18-21,33H,4-6,9-10,15-17H2,1-3H3,(H,31,35). The molecule has 2 aromatic carbocycles. The number of aromatic nitrogens is 1. The minimum absolute atomic E-state index is 0.00230. The van der Waals surface area contributed by atoms with E-state index in [2.05, 4.69) is 10.0 Å². The smallest absolute Gasteiger partial charge is 0.280 e. The van der Waals surface area contributed by atoms with Crippen LogP contribution >= 0.6 is 11.3 Å². The van der Waals surface area contributed by atoms with Gasteiger partial charge in [-0.05, 0) is 57.4 Å². The monoisotopic (exact) mass is 567 g/mol. The third-order valence-corrected chi connectivity index (χ3v) is 10.6. The number of hydrogen-bond acceptors (Lipinski definition) is 6. The Hall–Kier alpha value is -2.62. The maximum atomic E-state index is 13.3. The first kappa shape index (κ1) is 27.9. The minimum Gasteiger partial charge on any atom is -0.347 e. The van der Waals surface area contributed by atoms with Gasteiger partial charge in [0.2, 0.25) is 10.0 Å². The summed E-state index contributed by atoms with van der Waals surface area (Å²) >= 11 is 1.37. The number of nitrogens with one attached hydrogen (secondary N) is 2. The van der Waals surface area contributed by atoms with Gasteiger partial charge in [-0.15, -0.1) is 11.3 Å². The fourth-order valence-electron chi connectivity index (χ4n) is 5.76. The Morgan fingerprint density at radius 1 is 1.05 bits per heavy atom. The summed E-state index contributed by atoms with van der Waals surface area (Å²) in [4.78, 5) is 30.2. The van der Waals surface area contributed by atoms with Crippen LogP contribution in [-0.4, -0.2) is 37.2 Å². The predicted molar refractivity (Wildman–Crippen MR) is 155 cm³/mol. The van der Waals surface area contributed by atoms with Gasteiger partial charge < -0.3 is 10.1 Å². The van der Waals surface area contributed by atoms with E-state index in [1.807, 2.05) is 51.1 Å². The molecule has 9 heteroatoms. The van der Waals surface area contributed by atoms with Crippen molar-refractivity contribution in [1.29, 1.82) is 0 Å². The Morgan fingerprint density at radius 2 is 1.74 bits per heavy atom. The van der Waals surface area contributed by atoms with Crippen molar-refractivity contribution < 1.29 is 18.0 Å². The maximum Gasteiger partial charge on any atom is 0.280 e. The van der Waals surface area contributed by atoms with Crippen LogP contribution in [0.2, 0.25) is 0 Å². The van der Waals surface area contributed by atoms with Crippen LogP contribution in [0.15, 0.2) is 41.3 Å². The average Bonchev–Trinajstić information content (AvgIpc) is 3.27. The van der Waals surface area contributed by atoms with E-state index in [0.29, 0.717) is 29.2 Å². The molecular formula is C30H37N3O4S2. The number of sulfonamides is 1. The first-order chi connectivity index (χ1) is 18.5. The Kier molecular flexibility index (Phi) is 7.95. The fraction of sp³-hybridized carbons (Fsp3) is 0.500. The van der Waals surface area contributed by atoms with Crippen LogP contribution in [0.4, 0.5) is 0 Å². The normalized spacial score (nSPS) is 20.5. The van der Waals surface area contributed by atoms with Gasteiger partial charge in [-0.3, -0.25) is 4.79 Å². The highest BCUT2D eigenvalue weighted by molar-refractivity contribution is 7.89. The maximum absolute atomic E-state index is 13.3. The number of carbonyl (C=O) groups is 2. The van der Waals surface area contributed by atoms with Crippen molar-refractivity contribution in [2.45, 2.75) is 88.6 Å². The van der Waals surface area contributed by atoms with Crippen molar-refractivity contribution in [2.75, 3.05) is 0 Å². The molecular weight excluding hydrogens is 530 g/mol. The molecule has 39 heavy (non-hydrogen) atoms. The second-order valence-electron chi connectivity index (χ2n) is 12.1. The second kappa shape index (κ2) is 11.1. The molecule has 2 aliphatic rings. The lowest BCUT2D eigenvalue weighted by Crippen LogP contribution is -2.44. The zero-order chi connectivity index (χ0) is 27.8. The first-order valence-corrected chi connectivity index (χ1v) is 16.2. The number of fused-ring (bicyclic) bond motifs is 1. The fourth-order valence-corrected chi connectivity index (χ4v) is 8.43. The van der Waals surface area contributed by atoms with E-state index in [4.69, 9.17) is 4.98 Å². The molecule has 2 aliphatic carbocycles. The molecule has 208 valence electrons. The Balaban J connectivity index is 1.55. The van der Waals surface area contributed by atoms with Crippen LogP contribution in [-0.2, 0) is 21.2 Å². The zero-order valence-electron chi connectivity index (χ0n) is 22.8. The topological polar surface area (TPSA) is 105 Å². The Bertz CT molecular complexity index is 1480. The summed E-state index contributed by atoms with van der Waals surface area (Å²) in [5, 5.41) is 4.92. The summed E-state index contributed by atoms with van der Waals surface area (Å²) in [5.74, 6) is 0.346. The van der Waals surface area contributed by atoms with Crippen molar-refractivity contribution in [2.24, 2.45) is 11.8 Å². The van der Waals surface area contributed by atoms with Crippen LogP contribution in [0.3, 0.4) is 0 Å². The summed E-state index contributed by atoms with van der Waals surface area (Å²) < 4.78 is 29.4. The van der Waals surface area contributed by atoms with Crippen molar-refractivity contribution in [1.82, 2.24) is 15.0 Å². The minimum atomic E-state index is -3.75. The lowest BCUT2D eigenvalue weighted by Gasteiger charge is -2.31. The van der Waals surface area contributed by atoms with Crippen LogP contribution in [0.25, 0.3) is 21.2 Å². The Labute approximate surface area is 234 Å². The quantitative estimate of drug-likeness (QED) is 0.331. The van der Waals surface area contributed by atoms with Gasteiger partial charge in [-0.2, -0.15) is 0 Å². The van der Waals surface area contributed by atoms with Crippen molar-refractivity contribution in [3.63, 3.8) is 0 Å². The molecule has 0 unspecified atom stereocenters. The van der Waals surface area contributed by atoms with Crippen molar-refractivity contribution in [3.8, 4) is 10.4 Å². The zero-order valence-corrected chi connectivity index (χ0v) is 24.5. The lowest BCUT2D eigenvalue weighted by atomic mass is 9.81. The molecule has 0 aliphatic heterocycles. The van der Waals surface area contributed by atoms with E-state index in [-0.39, 0.29) is 22.8 Å². The van der Waals surface area contributed by atoms with Gasteiger partial charge in [0.15, 0.2) is 5.01 Å². The Morgan fingerprint density at radius 3 is 2.41 bits per heavy atom. The summed E-state index contributed by atoms with van der Waals surface area (Å²) in [6.07, 6.45) is 9.11. The summed E-state index contributed by atoms with van der Waals surface area (Å²) in [5.41, 5.74) is 1.19. The first-order valence-electron chi connectivity index (χ1n) is 13.9.